The van der Waals surface area contributed by atoms with E-state index in [1.54, 1.807) is 0 Å². The summed E-state index contributed by atoms with van der Waals surface area (Å²) in [5.74, 6) is 0.293. The highest BCUT2D eigenvalue weighted by Crippen LogP contribution is 2.28. The largest absolute Gasteiger partial charge is 0.354 e. The monoisotopic (exact) mass is 278 g/mol. The lowest BCUT2D eigenvalue weighted by Crippen LogP contribution is -2.35. The summed E-state index contributed by atoms with van der Waals surface area (Å²) in [6, 6.07) is 7.50. The van der Waals surface area contributed by atoms with Gasteiger partial charge in [-0.15, -0.1) is 12.6 Å². The van der Waals surface area contributed by atoms with Crippen molar-refractivity contribution in [3.63, 3.8) is 0 Å². The second-order valence-corrected chi connectivity index (χ2v) is 5.27. The molecule has 2 amide bonds. The highest BCUT2D eigenvalue weighted by atomic mass is 32.1. The molecule has 4 nitrogen and oxygen atoms in total. The van der Waals surface area contributed by atoms with Gasteiger partial charge in [0.25, 0.3) is 0 Å². The third kappa shape index (κ3) is 4.95. The second-order valence-electron chi connectivity index (χ2n) is 4.76. The molecule has 1 saturated carbocycles. The number of hydrogen-bond donors (Lipinski definition) is 3. The SMILES string of the molecule is O=C(Cc1ccc(S)cc1)NCCNC(=O)C1CC1. The fourth-order valence-corrected chi connectivity index (χ4v) is 1.89. The van der Waals surface area contributed by atoms with Crippen molar-refractivity contribution < 1.29 is 9.59 Å². The second kappa shape index (κ2) is 6.61. The Bertz CT molecular complexity index is 455. The predicted octanol–water partition coefficient (Wildman–Crippen LogP) is 1.16. The summed E-state index contributed by atoms with van der Waals surface area (Å²) < 4.78 is 0. The third-order valence-corrected chi connectivity index (χ3v) is 3.29. The molecule has 2 rings (SSSR count). The zero-order valence-electron chi connectivity index (χ0n) is 10.7. The molecule has 0 aliphatic heterocycles. The molecule has 0 unspecified atom stereocenters. The quantitative estimate of drug-likeness (QED) is 0.540. The molecular formula is C14H18N2O2S. The van der Waals surface area contributed by atoms with E-state index in [0.717, 1.165) is 23.3 Å². The number of thiol groups is 1. The lowest BCUT2D eigenvalue weighted by atomic mass is 10.1. The Balaban J connectivity index is 1.61. The molecule has 1 aliphatic carbocycles. The van der Waals surface area contributed by atoms with E-state index in [1.807, 2.05) is 24.3 Å². The maximum absolute atomic E-state index is 11.6. The van der Waals surface area contributed by atoms with Gasteiger partial charge in [-0.3, -0.25) is 9.59 Å². The van der Waals surface area contributed by atoms with Gasteiger partial charge >= 0.3 is 0 Å². The molecule has 0 aromatic heterocycles. The third-order valence-electron chi connectivity index (χ3n) is 3.00. The van der Waals surface area contributed by atoms with Gasteiger partial charge in [-0.1, -0.05) is 12.1 Å². The van der Waals surface area contributed by atoms with E-state index < -0.39 is 0 Å². The topological polar surface area (TPSA) is 58.2 Å². The average molecular weight is 278 g/mol. The van der Waals surface area contributed by atoms with Gasteiger partial charge in [0.05, 0.1) is 6.42 Å². The summed E-state index contributed by atoms with van der Waals surface area (Å²) in [5.41, 5.74) is 0.956. The van der Waals surface area contributed by atoms with Crippen LogP contribution in [-0.2, 0) is 16.0 Å². The molecule has 0 radical (unpaired) electrons. The Morgan fingerprint density at radius 2 is 1.74 bits per heavy atom. The molecule has 19 heavy (non-hydrogen) atoms. The van der Waals surface area contributed by atoms with E-state index >= 15 is 0 Å². The molecule has 0 heterocycles. The van der Waals surface area contributed by atoms with Crippen molar-refractivity contribution in [1.29, 1.82) is 0 Å². The minimum absolute atomic E-state index is 0.0346. The van der Waals surface area contributed by atoms with Crippen LogP contribution in [0.5, 0.6) is 0 Å². The molecule has 0 spiro atoms. The Kier molecular flexibility index (Phi) is 4.85. The van der Waals surface area contributed by atoms with E-state index in [0.29, 0.717) is 19.5 Å². The maximum atomic E-state index is 11.6. The van der Waals surface area contributed by atoms with Crippen LogP contribution < -0.4 is 10.6 Å². The minimum Gasteiger partial charge on any atom is -0.354 e. The molecule has 1 aromatic carbocycles. The van der Waals surface area contributed by atoms with Crippen LogP contribution in [0.3, 0.4) is 0 Å². The molecular weight excluding hydrogens is 260 g/mol. The Hall–Kier alpha value is -1.49. The number of benzene rings is 1. The molecule has 1 fully saturated rings. The van der Waals surface area contributed by atoms with E-state index in [9.17, 15) is 9.59 Å². The summed E-state index contributed by atoms with van der Waals surface area (Å²) in [6.45, 7) is 0.971. The van der Waals surface area contributed by atoms with Crippen molar-refractivity contribution in [2.45, 2.75) is 24.2 Å². The Labute approximate surface area is 118 Å². The summed E-state index contributed by atoms with van der Waals surface area (Å²) in [6.07, 6.45) is 2.35. The van der Waals surface area contributed by atoms with E-state index in [2.05, 4.69) is 23.3 Å². The molecule has 0 atom stereocenters. The summed E-state index contributed by atoms with van der Waals surface area (Å²) in [4.78, 5) is 23.9. The van der Waals surface area contributed by atoms with Gasteiger partial charge in [-0.2, -0.15) is 0 Å². The first kappa shape index (κ1) is 13.9. The molecule has 102 valence electrons. The van der Waals surface area contributed by atoms with Crippen LogP contribution in [0.1, 0.15) is 18.4 Å². The number of carbonyl (C=O) groups excluding carboxylic acids is 2. The first-order valence-corrected chi connectivity index (χ1v) is 6.92. The number of rotatable bonds is 6. The van der Waals surface area contributed by atoms with Crippen LogP contribution in [0.15, 0.2) is 29.2 Å². The van der Waals surface area contributed by atoms with Crippen LogP contribution >= 0.6 is 12.6 Å². The summed E-state index contributed by atoms with van der Waals surface area (Å²) >= 11 is 4.19. The normalized spacial score (nSPS) is 13.9. The number of amides is 2. The zero-order valence-corrected chi connectivity index (χ0v) is 11.6. The Morgan fingerprint density at radius 3 is 2.37 bits per heavy atom. The maximum Gasteiger partial charge on any atom is 0.224 e. The standard InChI is InChI=1S/C14H18N2O2S/c17-13(9-10-1-5-12(19)6-2-10)15-7-8-16-14(18)11-3-4-11/h1-2,5-6,11,19H,3-4,7-9H2,(H,15,17)(H,16,18). The van der Waals surface area contributed by atoms with Gasteiger partial charge in [0.15, 0.2) is 0 Å². The molecule has 2 N–H and O–H groups in total. The van der Waals surface area contributed by atoms with Crippen molar-refractivity contribution in [2.75, 3.05) is 13.1 Å². The van der Waals surface area contributed by atoms with Crippen LogP contribution in [0.25, 0.3) is 0 Å². The number of nitrogens with one attached hydrogen (secondary N) is 2. The van der Waals surface area contributed by atoms with Crippen LogP contribution in [-0.4, -0.2) is 24.9 Å². The van der Waals surface area contributed by atoms with Crippen molar-refractivity contribution >= 4 is 24.4 Å². The molecule has 1 aromatic rings. The van der Waals surface area contributed by atoms with Crippen molar-refractivity contribution in [3.8, 4) is 0 Å². The van der Waals surface area contributed by atoms with Gasteiger partial charge in [0.1, 0.15) is 0 Å². The van der Waals surface area contributed by atoms with Gasteiger partial charge in [-0.25, -0.2) is 0 Å². The van der Waals surface area contributed by atoms with E-state index in [-0.39, 0.29) is 17.7 Å². The van der Waals surface area contributed by atoms with E-state index in [1.165, 1.54) is 0 Å². The smallest absolute Gasteiger partial charge is 0.224 e. The van der Waals surface area contributed by atoms with Crippen LogP contribution in [0.4, 0.5) is 0 Å². The predicted molar refractivity (Wildman–Crippen MR) is 76.1 cm³/mol. The van der Waals surface area contributed by atoms with Gasteiger partial charge in [0.2, 0.25) is 11.8 Å². The van der Waals surface area contributed by atoms with Crippen molar-refractivity contribution in [3.05, 3.63) is 29.8 Å². The van der Waals surface area contributed by atoms with Crippen molar-refractivity contribution in [2.24, 2.45) is 5.92 Å². The first-order chi connectivity index (χ1) is 9.15. The van der Waals surface area contributed by atoms with Crippen molar-refractivity contribution in [1.82, 2.24) is 10.6 Å². The fraction of sp³-hybridized carbons (Fsp3) is 0.429. The summed E-state index contributed by atoms with van der Waals surface area (Å²) in [7, 11) is 0. The molecule has 0 saturated heterocycles. The minimum atomic E-state index is -0.0346. The highest BCUT2D eigenvalue weighted by molar-refractivity contribution is 7.80. The molecule has 1 aliphatic rings. The number of carbonyl (C=O) groups is 2. The van der Waals surface area contributed by atoms with Crippen LogP contribution in [0, 0.1) is 5.92 Å². The van der Waals surface area contributed by atoms with Gasteiger partial charge < -0.3 is 10.6 Å². The zero-order chi connectivity index (χ0) is 13.7. The molecule has 5 heteroatoms. The Morgan fingerprint density at radius 1 is 1.11 bits per heavy atom. The fourth-order valence-electron chi connectivity index (χ4n) is 1.74. The summed E-state index contributed by atoms with van der Waals surface area (Å²) in [5, 5.41) is 5.60. The van der Waals surface area contributed by atoms with E-state index in [4.69, 9.17) is 0 Å². The van der Waals surface area contributed by atoms with Crippen LogP contribution in [0.2, 0.25) is 0 Å². The average Bonchev–Trinajstić information content (AvgIpc) is 3.21. The van der Waals surface area contributed by atoms with Gasteiger partial charge in [0, 0.05) is 23.9 Å². The molecule has 0 bridgehead atoms. The highest BCUT2D eigenvalue weighted by Gasteiger charge is 2.28. The first-order valence-electron chi connectivity index (χ1n) is 6.47. The lowest BCUT2D eigenvalue weighted by molar-refractivity contribution is -0.123. The van der Waals surface area contributed by atoms with Gasteiger partial charge in [-0.05, 0) is 30.5 Å². The number of hydrogen-bond acceptors (Lipinski definition) is 3. The lowest BCUT2D eigenvalue weighted by Gasteiger charge is -2.07.